The number of anilines is 2. The van der Waals surface area contributed by atoms with E-state index in [2.05, 4.69) is 19.8 Å². The van der Waals surface area contributed by atoms with E-state index in [1.165, 1.54) is 0 Å². The minimum absolute atomic E-state index is 0.134. The summed E-state index contributed by atoms with van der Waals surface area (Å²) >= 11 is 6.40. The predicted octanol–water partition coefficient (Wildman–Crippen LogP) is 3.48. The number of nitrogens with zero attached hydrogens (tertiary/aromatic N) is 6. The van der Waals surface area contributed by atoms with E-state index in [1.807, 2.05) is 12.3 Å². The van der Waals surface area contributed by atoms with Gasteiger partial charge in [0.15, 0.2) is 11.6 Å². The van der Waals surface area contributed by atoms with Gasteiger partial charge in [0.25, 0.3) is 0 Å². The summed E-state index contributed by atoms with van der Waals surface area (Å²) < 4.78 is 49.7. The normalized spacial score (nSPS) is 15.2. The maximum absolute atomic E-state index is 14.5. The number of hydrogen-bond acceptors (Lipinski definition) is 6. The zero-order valence-electron chi connectivity index (χ0n) is 19.5. The number of aromatic nitrogens is 5. The van der Waals surface area contributed by atoms with Crippen LogP contribution in [0.2, 0.25) is 5.02 Å². The molecular formula is C23H19ClF3N7O2S. The van der Waals surface area contributed by atoms with Gasteiger partial charge in [-0.25, -0.2) is 31.7 Å². The van der Waals surface area contributed by atoms with Crippen LogP contribution in [0.5, 0.6) is 0 Å². The summed E-state index contributed by atoms with van der Waals surface area (Å²) in [4.78, 5) is 30.4. The lowest BCUT2D eigenvalue weighted by molar-refractivity contribution is 0.485. The number of hydrogen-bond donors (Lipinski definition) is 1. The minimum Gasteiger partial charge on any atom is -0.324 e. The lowest BCUT2D eigenvalue weighted by Crippen LogP contribution is -2.43. The van der Waals surface area contributed by atoms with E-state index in [0.29, 0.717) is 40.2 Å². The molecule has 0 aliphatic carbocycles. The van der Waals surface area contributed by atoms with E-state index in [0.717, 1.165) is 9.13 Å². The number of nitrogens with one attached hydrogen (secondary N) is 1. The van der Waals surface area contributed by atoms with Crippen LogP contribution in [0.25, 0.3) is 10.9 Å². The van der Waals surface area contributed by atoms with Crippen LogP contribution in [-0.2, 0) is 30.8 Å². The number of aryl methyl sites for hydroxylation is 1. The zero-order valence-corrected chi connectivity index (χ0v) is 21.1. The average Bonchev–Trinajstić information content (AvgIpc) is 3.40. The van der Waals surface area contributed by atoms with Crippen LogP contribution in [0.1, 0.15) is 5.56 Å². The van der Waals surface area contributed by atoms with E-state index < -0.39 is 35.4 Å². The molecule has 1 N–H and O–H groups in total. The molecule has 0 amide bonds. The fourth-order valence-corrected chi connectivity index (χ4v) is 5.14. The summed E-state index contributed by atoms with van der Waals surface area (Å²) in [7, 11) is 1.49. The van der Waals surface area contributed by atoms with Gasteiger partial charge in [-0.15, -0.1) is 0 Å². The Morgan fingerprint density at radius 2 is 1.81 bits per heavy atom. The Morgan fingerprint density at radius 1 is 1.05 bits per heavy atom. The fraction of sp³-hybridized carbons (Fsp3) is 0.217. The van der Waals surface area contributed by atoms with Gasteiger partial charge in [-0.1, -0.05) is 22.3 Å². The molecule has 1 aliphatic heterocycles. The molecule has 5 rings (SSSR count). The van der Waals surface area contributed by atoms with Crippen LogP contribution in [-0.4, -0.2) is 35.9 Å². The second-order valence-electron chi connectivity index (χ2n) is 8.40. The predicted molar refractivity (Wildman–Crippen MR) is 136 cm³/mol. The van der Waals surface area contributed by atoms with Gasteiger partial charge >= 0.3 is 11.4 Å². The van der Waals surface area contributed by atoms with Gasteiger partial charge in [0.1, 0.15) is 5.82 Å². The van der Waals surface area contributed by atoms with Gasteiger partial charge in [-0.3, -0.25) is 9.25 Å². The van der Waals surface area contributed by atoms with Gasteiger partial charge in [-0.2, -0.15) is 10.1 Å². The summed E-state index contributed by atoms with van der Waals surface area (Å²) in [5.74, 6) is -3.27. The molecule has 2 aromatic carbocycles. The molecule has 3 heterocycles. The largest absolute Gasteiger partial charge is 0.355 e. The molecule has 14 heteroatoms. The van der Waals surface area contributed by atoms with Crippen molar-refractivity contribution in [3.63, 3.8) is 0 Å². The Balaban J connectivity index is 1.63. The van der Waals surface area contributed by atoms with Crippen LogP contribution >= 0.6 is 11.6 Å². The second kappa shape index (κ2) is 9.63. The lowest BCUT2D eigenvalue weighted by atomic mass is 10.2. The molecule has 0 fully saturated rings. The molecule has 4 aromatic rings. The second-order valence-corrected chi connectivity index (χ2v) is 10.5. The summed E-state index contributed by atoms with van der Waals surface area (Å²) in [5.41, 5.74) is -0.565. The van der Waals surface area contributed by atoms with Crippen LogP contribution in [0.15, 0.2) is 56.2 Å². The molecule has 2 aromatic heterocycles. The molecule has 9 nitrogen and oxygen atoms in total. The summed E-state index contributed by atoms with van der Waals surface area (Å²) in [5, 5.41) is 8.07. The Bertz CT molecular complexity index is 1760. The molecule has 1 atom stereocenters. The average molecular weight is 550 g/mol. The highest BCUT2D eigenvalue weighted by atomic mass is 35.5. The van der Waals surface area contributed by atoms with E-state index in [-0.39, 0.29) is 33.8 Å². The Labute approximate surface area is 214 Å². The molecule has 0 spiro atoms. The number of allylic oxidation sites excluding steroid dienone is 1. The molecule has 0 saturated heterocycles. The van der Waals surface area contributed by atoms with E-state index in [1.54, 1.807) is 30.1 Å². The number of rotatable bonds is 6. The summed E-state index contributed by atoms with van der Waals surface area (Å²) in [6, 6.07) is 4.29. The maximum atomic E-state index is 14.5. The third kappa shape index (κ3) is 4.96. The van der Waals surface area contributed by atoms with Gasteiger partial charge in [0.2, 0.25) is 5.95 Å². The highest BCUT2D eigenvalue weighted by Gasteiger charge is 2.19. The van der Waals surface area contributed by atoms with Crippen LogP contribution < -0.4 is 16.7 Å². The molecule has 192 valence electrons. The highest BCUT2D eigenvalue weighted by molar-refractivity contribution is 7.86. The van der Waals surface area contributed by atoms with Crippen molar-refractivity contribution in [1.29, 1.82) is 0 Å². The molecule has 0 radical (unpaired) electrons. The van der Waals surface area contributed by atoms with E-state index in [4.69, 9.17) is 11.6 Å². The van der Waals surface area contributed by atoms with Crippen molar-refractivity contribution in [3.05, 3.63) is 91.2 Å². The maximum Gasteiger partial charge on any atom is 0.355 e. The third-order valence-electron chi connectivity index (χ3n) is 5.68. The van der Waals surface area contributed by atoms with Crippen molar-refractivity contribution in [1.82, 2.24) is 23.9 Å². The van der Waals surface area contributed by atoms with Crippen LogP contribution in [0.4, 0.5) is 24.8 Å². The van der Waals surface area contributed by atoms with Gasteiger partial charge < -0.3 is 5.32 Å². The number of fused-ring (bicyclic) bond motifs is 1. The van der Waals surface area contributed by atoms with Crippen molar-refractivity contribution in [2.45, 2.75) is 13.1 Å². The van der Waals surface area contributed by atoms with Gasteiger partial charge in [0.05, 0.1) is 35.0 Å². The molecule has 0 saturated carbocycles. The Kier molecular flexibility index (Phi) is 6.50. The smallest absolute Gasteiger partial charge is 0.324 e. The molecular weight excluding hydrogens is 531 g/mol. The van der Waals surface area contributed by atoms with Gasteiger partial charge in [-0.05, 0) is 30.5 Å². The van der Waals surface area contributed by atoms with Gasteiger partial charge in [0, 0.05) is 36.0 Å². The minimum atomic E-state index is -1.36. The summed E-state index contributed by atoms with van der Waals surface area (Å²) in [6.45, 7) is -0.677. The molecule has 1 unspecified atom stereocenters. The first-order chi connectivity index (χ1) is 17.6. The highest BCUT2D eigenvalue weighted by Crippen LogP contribution is 2.29. The first-order valence-electron chi connectivity index (χ1n) is 10.9. The van der Waals surface area contributed by atoms with Crippen LogP contribution in [0.3, 0.4) is 0 Å². The monoisotopic (exact) mass is 549 g/mol. The number of benzene rings is 2. The first-order valence-corrected chi connectivity index (χ1v) is 13.0. The third-order valence-corrected chi connectivity index (χ3v) is 7.18. The number of halogens is 4. The van der Waals surface area contributed by atoms with Crippen molar-refractivity contribution in [3.8, 4) is 0 Å². The van der Waals surface area contributed by atoms with E-state index >= 15 is 0 Å². The standard InChI is InChI=1S/C23H19ClF3N7O2S/c1-32-9-13-6-20(15(24)7-19(13)30-32)28-21-29-22(35)34(11-14-3-4-37(2)31-14)23(36)33(21)10-12-5-17(26)18(27)8-16(12)25/h3,5-9H,4,10-11H2,1-2H3,(H,28,29,35). The molecule has 37 heavy (non-hydrogen) atoms. The fourth-order valence-electron chi connectivity index (χ4n) is 3.89. The molecule has 1 aliphatic rings. The SMILES string of the molecule is Cn1cc2cc(Nc3nc(=O)n(CC4=CCS(C)=N4)c(=O)n3Cc3cc(F)c(F)cc3F)c(Cl)cc2n1. The first kappa shape index (κ1) is 25.0. The summed E-state index contributed by atoms with van der Waals surface area (Å²) in [6.07, 6.45) is 5.49. The van der Waals surface area contributed by atoms with Crippen molar-refractivity contribution in [2.24, 2.45) is 11.4 Å². The van der Waals surface area contributed by atoms with Crippen molar-refractivity contribution in [2.75, 3.05) is 17.3 Å². The van der Waals surface area contributed by atoms with E-state index in [9.17, 15) is 22.8 Å². The molecule has 0 bridgehead atoms. The van der Waals surface area contributed by atoms with Crippen molar-refractivity contribution >= 4 is 44.8 Å². The topological polar surface area (TPSA) is 99.1 Å². The Hall–Kier alpha value is -3.71. The zero-order chi connectivity index (χ0) is 26.4. The van der Waals surface area contributed by atoms with Crippen LogP contribution in [0, 0.1) is 17.5 Å². The van der Waals surface area contributed by atoms with Crippen molar-refractivity contribution < 1.29 is 13.2 Å². The lowest BCUT2D eigenvalue weighted by Gasteiger charge is -2.16. The quantitative estimate of drug-likeness (QED) is 0.371. The Morgan fingerprint density at radius 3 is 2.54 bits per heavy atom.